The standard InChI is InChI=1S/C17H27N3O2/c1-12-2-4-14(5-3-12)15-10-19-17(18)20-16(15)22-11-13-6-8-21-9-7-13/h10,12-14H,2-9,11H2,1H3,(H2,18,19,20). The maximum absolute atomic E-state index is 6.05. The lowest BCUT2D eigenvalue weighted by Crippen LogP contribution is -2.22. The molecule has 22 heavy (non-hydrogen) atoms. The molecule has 1 aliphatic heterocycles. The van der Waals surface area contributed by atoms with Crippen LogP contribution in [0.3, 0.4) is 0 Å². The highest BCUT2D eigenvalue weighted by Gasteiger charge is 2.24. The van der Waals surface area contributed by atoms with Crippen molar-refractivity contribution in [2.24, 2.45) is 11.8 Å². The maximum Gasteiger partial charge on any atom is 0.223 e. The molecule has 2 N–H and O–H groups in total. The van der Waals surface area contributed by atoms with Gasteiger partial charge in [-0.25, -0.2) is 4.98 Å². The fraction of sp³-hybridized carbons (Fsp3) is 0.765. The van der Waals surface area contributed by atoms with Crippen molar-refractivity contribution >= 4 is 5.95 Å². The number of ether oxygens (including phenoxy) is 2. The zero-order chi connectivity index (χ0) is 15.4. The van der Waals surface area contributed by atoms with Crippen LogP contribution in [0.1, 0.15) is 56.9 Å². The Hall–Kier alpha value is -1.36. The fourth-order valence-corrected chi connectivity index (χ4v) is 3.46. The van der Waals surface area contributed by atoms with Crippen LogP contribution in [-0.4, -0.2) is 29.8 Å². The minimum atomic E-state index is 0.301. The smallest absolute Gasteiger partial charge is 0.223 e. The van der Waals surface area contributed by atoms with Gasteiger partial charge in [0.15, 0.2) is 0 Å². The molecule has 0 unspecified atom stereocenters. The van der Waals surface area contributed by atoms with Crippen LogP contribution in [0.25, 0.3) is 0 Å². The number of hydrogen-bond acceptors (Lipinski definition) is 5. The van der Waals surface area contributed by atoms with Crippen molar-refractivity contribution in [3.63, 3.8) is 0 Å². The molecule has 1 aromatic heterocycles. The average molecular weight is 305 g/mol. The van der Waals surface area contributed by atoms with Crippen LogP contribution in [0.5, 0.6) is 5.88 Å². The molecule has 1 aromatic rings. The normalized spacial score (nSPS) is 26.8. The summed E-state index contributed by atoms with van der Waals surface area (Å²) in [7, 11) is 0. The second-order valence-corrected chi connectivity index (χ2v) is 6.81. The van der Waals surface area contributed by atoms with E-state index in [0.29, 0.717) is 30.3 Å². The number of rotatable bonds is 4. The summed E-state index contributed by atoms with van der Waals surface area (Å²) in [5.41, 5.74) is 6.91. The van der Waals surface area contributed by atoms with Crippen LogP contribution in [0.4, 0.5) is 5.95 Å². The monoisotopic (exact) mass is 305 g/mol. The van der Waals surface area contributed by atoms with E-state index in [9.17, 15) is 0 Å². The zero-order valence-electron chi connectivity index (χ0n) is 13.5. The van der Waals surface area contributed by atoms with Crippen LogP contribution in [-0.2, 0) is 4.74 Å². The molecule has 2 aliphatic rings. The first-order valence-electron chi connectivity index (χ1n) is 8.55. The molecular formula is C17H27N3O2. The zero-order valence-corrected chi connectivity index (χ0v) is 13.5. The van der Waals surface area contributed by atoms with E-state index >= 15 is 0 Å². The molecule has 0 bridgehead atoms. The highest BCUT2D eigenvalue weighted by atomic mass is 16.5. The predicted molar refractivity (Wildman–Crippen MR) is 85.9 cm³/mol. The van der Waals surface area contributed by atoms with Gasteiger partial charge < -0.3 is 15.2 Å². The molecule has 0 spiro atoms. The third kappa shape index (κ3) is 3.88. The molecule has 1 saturated heterocycles. The van der Waals surface area contributed by atoms with E-state index in [1.54, 1.807) is 0 Å². The number of anilines is 1. The minimum Gasteiger partial charge on any atom is -0.477 e. The quantitative estimate of drug-likeness (QED) is 0.925. The van der Waals surface area contributed by atoms with E-state index in [2.05, 4.69) is 16.9 Å². The van der Waals surface area contributed by atoms with E-state index in [1.165, 1.54) is 25.7 Å². The Balaban J connectivity index is 1.67. The van der Waals surface area contributed by atoms with Gasteiger partial charge in [-0.3, -0.25) is 0 Å². The number of nitrogens with zero attached hydrogens (tertiary/aromatic N) is 2. The maximum atomic E-state index is 6.05. The van der Waals surface area contributed by atoms with E-state index in [0.717, 1.165) is 37.5 Å². The molecule has 0 aromatic carbocycles. The van der Waals surface area contributed by atoms with Crippen LogP contribution >= 0.6 is 0 Å². The van der Waals surface area contributed by atoms with Crippen molar-refractivity contribution in [2.45, 2.75) is 51.4 Å². The van der Waals surface area contributed by atoms with E-state index in [-0.39, 0.29) is 0 Å². The lowest BCUT2D eigenvalue weighted by atomic mass is 9.80. The summed E-state index contributed by atoms with van der Waals surface area (Å²) >= 11 is 0. The van der Waals surface area contributed by atoms with Gasteiger partial charge in [0.1, 0.15) is 0 Å². The molecule has 3 rings (SSSR count). The fourth-order valence-electron chi connectivity index (χ4n) is 3.46. The summed E-state index contributed by atoms with van der Waals surface area (Å²) in [5, 5.41) is 0. The Labute approximate surface area is 132 Å². The Morgan fingerprint density at radius 3 is 2.64 bits per heavy atom. The second kappa shape index (κ2) is 7.27. The SMILES string of the molecule is CC1CCC(c2cnc(N)nc2OCC2CCOCC2)CC1. The molecule has 0 radical (unpaired) electrons. The second-order valence-electron chi connectivity index (χ2n) is 6.81. The van der Waals surface area contributed by atoms with Gasteiger partial charge in [-0.05, 0) is 43.4 Å². The molecule has 0 atom stereocenters. The number of nitrogens with two attached hydrogens (primary N) is 1. The first-order chi connectivity index (χ1) is 10.7. The Morgan fingerprint density at radius 1 is 1.18 bits per heavy atom. The Kier molecular flexibility index (Phi) is 5.13. The molecule has 2 heterocycles. The summed E-state index contributed by atoms with van der Waals surface area (Å²) in [6.45, 7) is 4.72. The van der Waals surface area contributed by atoms with Gasteiger partial charge in [-0.15, -0.1) is 0 Å². The lowest BCUT2D eigenvalue weighted by Gasteiger charge is -2.28. The summed E-state index contributed by atoms with van der Waals surface area (Å²) < 4.78 is 11.4. The van der Waals surface area contributed by atoms with Crippen molar-refractivity contribution < 1.29 is 9.47 Å². The van der Waals surface area contributed by atoms with Gasteiger partial charge in [0, 0.05) is 25.0 Å². The molecule has 1 aliphatic carbocycles. The van der Waals surface area contributed by atoms with Crippen LogP contribution < -0.4 is 10.5 Å². The van der Waals surface area contributed by atoms with Crippen LogP contribution in [0.2, 0.25) is 0 Å². The van der Waals surface area contributed by atoms with Crippen molar-refractivity contribution in [2.75, 3.05) is 25.6 Å². The summed E-state index contributed by atoms with van der Waals surface area (Å²) in [6, 6.07) is 0. The number of hydrogen-bond donors (Lipinski definition) is 1. The summed E-state index contributed by atoms with van der Waals surface area (Å²) in [6.07, 6.45) is 8.95. The third-order valence-corrected chi connectivity index (χ3v) is 5.05. The van der Waals surface area contributed by atoms with E-state index in [1.807, 2.05) is 6.20 Å². The van der Waals surface area contributed by atoms with Gasteiger partial charge in [0.25, 0.3) is 0 Å². The first kappa shape index (κ1) is 15.5. The molecular weight excluding hydrogens is 278 g/mol. The first-order valence-corrected chi connectivity index (χ1v) is 8.55. The third-order valence-electron chi connectivity index (χ3n) is 5.05. The average Bonchev–Trinajstić information content (AvgIpc) is 2.55. The lowest BCUT2D eigenvalue weighted by molar-refractivity contribution is 0.0487. The highest BCUT2D eigenvalue weighted by molar-refractivity contribution is 5.33. The molecule has 2 fully saturated rings. The number of aromatic nitrogens is 2. The Bertz CT molecular complexity index is 481. The van der Waals surface area contributed by atoms with Gasteiger partial charge in [-0.2, -0.15) is 4.98 Å². The van der Waals surface area contributed by atoms with Gasteiger partial charge in [0.2, 0.25) is 11.8 Å². The summed E-state index contributed by atoms with van der Waals surface area (Å²) in [5.74, 6) is 2.91. The van der Waals surface area contributed by atoms with Crippen molar-refractivity contribution in [3.8, 4) is 5.88 Å². The van der Waals surface area contributed by atoms with Gasteiger partial charge in [0.05, 0.1) is 6.61 Å². The van der Waals surface area contributed by atoms with Crippen molar-refractivity contribution in [1.29, 1.82) is 0 Å². The Morgan fingerprint density at radius 2 is 1.91 bits per heavy atom. The molecule has 5 heteroatoms. The molecule has 1 saturated carbocycles. The molecule has 122 valence electrons. The van der Waals surface area contributed by atoms with Gasteiger partial charge >= 0.3 is 0 Å². The van der Waals surface area contributed by atoms with Gasteiger partial charge in [-0.1, -0.05) is 19.8 Å². The summed E-state index contributed by atoms with van der Waals surface area (Å²) in [4.78, 5) is 8.56. The van der Waals surface area contributed by atoms with E-state index in [4.69, 9.17) is 15.2 Å². The predicted octanol–water partition coefficient (Wildman–Crippen LogP) is 3.16. The van der Waals surface area contributed by atoms with Crippen LogP contribution in [0, 0.1) is 11.8 Å². The minimum absolute atomic E-state index is 0.301. The molecule has 0 amide bonds. The largest absolute Gasteiger partial charge is 0.477 e. The topological polar surface area (TPSA) is 70.3 Å². The van der Waals surface area contributed by atoms with Crippen LogP contribution in [0.15, 0.2) is 6.20 Å². The van der Waals surface area contributed by atoms with E-state index < -0.39 is 0 Å². The van der Waals surface area contributed by atoms with Crippen molar-refractivity contribution in [1.82, 2.24) is 9.97 Å². The number of nitrogen functional groups attached to an aromatic ring is 1. The molecule has 5 nitrogen and oxygen atoms in total. The highest BCUT2D eigenvalue weighted by Crippen LogP contribution is 2.38. The van der Waals surface area contributed by atoms with Crippen molar-refractivity contribution in [3.05, 3.63) is 11.8 Å².